The van der Waals surface area contributed by atoms with E-state index in [2.05, 4.69) is 21.3 Å². The summed E-state index contributed by atoms with van der Waals surface area (Å²) in [6.07, 6.45) is 4.39. The number of hydrogen-bond donors (Lipinski definition) is 5. The van der Waals surface area contributed by atoms with E-state index in [1.54, 1.807) is 0 Å². The summed E-state index contributed by atoms with van der Waals surface area (Å²) >= 11 is 0. The number of primary amides is 1. The first-order chi connectivity index (χ1) is 21.0. The number of Topliss-reactive ketones (excluding diaryl/α,β-unsaturated/α-hetero) is 1. The van der Waals surface area contributed by atoms with Crippen molar-refractivity contribution in [3.8, 4) is 0 Å². The molecule has 13 nitrogen and oxygen atoms in total. The zero-order valence-corrected chi connectivity index (χ0v) is 27.9. The average molecular weight is 635 g/mol. The molecule has 2 saturated carbocycles. The smallest absolute Gasteiger partial charge is 0.407 e. The van der Waals surface area contributed by atoms with Gasteiger partial charge in [0.25, 0.3) is 5.91 Å². The van der Waals surface area contributed by atoms with Crippen LogP contribution in [-0.4, -0.2) is 84.4 Å². The van der Waals surface area contributed by atoms with Crippen molar-refractivity contribution in [3.63, 3.8) is 0 Å². The van der Waals surface area contributed by atoms with Crippen molar-refractivity contribution in [3.05, 3.63) is 0 Å². The summed E-state index contributed by atoms with van der Waals surface area (Å²) in [7, 11) is 0. The lowest BCUT2D eigenvalue weighted by Gasteiger charge is -2.37. The van der Waals surface area contributed by atoms with Gasteiger partial charge < -0.3 is 36.6 Å². The lowest BCUT2D eigenvalue weighted by atomic mass is 9.84. The van der Waals surface area contributed by atoms with Crippen LogP contribution in [0.2, 0.25) is 0 Å². The molecule has 0 bridgehead atoms. The second-order valence-corrected chi connectivity index (χ2v) is 14.8. The number of ketones is 1. The van der Waals surface area contributed by atoms with Crippen molar-refractivity contribution in [2.75, 3.05) is 19.7 Å². The van der Waals surface area contributed by atoms with E-state index in [0.717, 1.165) is 25.7 Å². The van der Waals surface area contributed by atoms with Crippen LogP contribution in [-0.2, 0) is 23.9 Å². The summed E-state index contributed by atoms with van der Waals surface area (Å²) in [5.74, 6) is -2.34. The molecule has 2 aliphatic carbocycles. The van der Waals surface area contributed by atoms with Crippen LogP contribution in [0, 0.1) is 35.0 Å². The second kappa shape index (κ2) is 15.3. The van der Waals surface area contributed by atoms with Crippen LogP contribution in [0.1, 0.15) is 87.0 Å². The van der Waals surface area contributed by atoms with Gasteiger partial charge in [0.05, 0.1) is 12.1 Å². The summed E-state index contributed by atoms with van der Waals surface area (Å²) in [4.78, 5) is 79.1. The lowest BCUT2D eigenvalue weighted by molar-refractivity contribution is -0.144. The first-order valence-corrected chi connectivity index (χ1v) is 16.4. The number of nitrogens with zero attached hydrogens (tertiary/aromatic N) is 1. The highest BCUT2D eigenvalue weighted by Crippen LogP contribution is 2.35. The van der Waals surface area contributed by atoms with E-state index in [4.69, 9.17) is 10.5 Å². The molecule has 3 fully saturated rings. The van der Waals surface area contributed by atoms with Gasteiger partial charge >= 0.3 is 12.1 Å². The van der Waals surface area contributed by atoms with Crippen molar-refractivity contribution in [2.45, 2.75) is 111 Å². The number of hydrogen-bond acceptors (Lipinski definition) is 7. The molecule has 1 unspecified atom stereocenters. The Kier molecular flexibility index (Phi) is 12.2. The van der Waals surface area contributed by atoms with Gasteiger partial charge in [0.1, 0.15) is 18.7 Å². The van der Waals surface area contributed by atoms with Crippen LogP contribution in [0.15, 0.2) is 0 Å². The number of urea groups is 1. The number of nitrogens with two attached hydrogens (primary N) is 1. The molecule has 6 N–H and O–H groups in total. The highest BCUT2D eigenvalue weighted by atomic mass is 16.5. The third-order valence-electron chi connectivity index (χ3n) is 9.13. The Morgan fingerprint density at radius 2 is 1.51 bits per heavy atom. The number of amides is 6. The molecular formula is C32H54N6O7. The molecule has 13 heteroatoms. The number of ether oxygens (including phenoxy) is 1. The molecule has 6 amide bonds. The van der Waals surface area contributed by atoms with Crippen molar-refractivity contribution in [2.24, 2.45) is 40.7 Å². The Balaban J connectivity index is 1.72. The van der Waals surface area contributed by atoms with Gasteiger partial charge in [0, 0.05) is 13.1 Å². The molecule has 1 saturated heterocycles. The fourth-order valence-corrected chi connectivity index (χ4v) is 5.77. The van der Waals surface area contributed by atoms with Crippen molar-refractivity contribution in [1.29, 1.82) is 0 Å². The summed E-state index contributed by atoms with van der Waals surface area (Å²) in [5.41, 5.74) is 4.55. The summed E-state index contributed by atoms with van der Waals surface area (Å²) in [6.45, 7) is 14.0. The number of likely N-dealkylation sites (tertiary alicyclic amines) is 1. The minimum absolute atomic E-state index is 0.0355. The molecule has 0 aromatic heterocycles. The Labute approximate surface area is 266 Å². The Morgan fingerprint density at radius 3 is 2.02 bits per heavy atom. The van der Waals surface area contributed by atoms with Gasteiger partial charge in [0.15, 0.2) is 0 Å². The van der Waals surface area contributed by atoms with Gasteiger partial charge in [-0.2, -0.15) is 0 Å². The third kappa shape index (κ3) is 10.6. The molecule has 1 aliphatic heterocycles. The number of nitrogens with one attached hydrogen (secondary N) is 4. The maximum absolute atomic E-state index is 14.2. The SMILES string of the molecule is CC(C)[C@H]1CCN(C(=O)[C@@H](NC(=O)N[C@H](COC(=O)NCC2CC2)C(C)C)C(C)(C)C)[C@@H]1C(=O)NC(CC1CC1)C(=O)C(N)=O. The van der Waals surface area contributed by atoms with Crippen molar-refractivity contribution < 1.29 is 33.5 Å². The Bertz CT molecular complexity index is 1110. The molecule has 5 atom stereocenters. The predicted octanol–water partition coefficient (Wildman–Crippen LogP) is 2.07. The standard InChI is InChI=1S/C32H54N6O7/c1-17(2)21-12-13-38(24(21)28(41)35-22(14-19-8-9-19)25(39)27(33)40)29(42)26(32(5,6)7)37-30(43)36-23(18(3)4)16-45-31(44)34-15-20-10-11-20/h17-24,26H,8-16H2,1-7H3,(H2,33,40)(H,34,44)(H,35,41)(H2,36,37,43)/t21-,22?,23-,24+,26-/m1/s1. The normalized spacial score (nSPS) is 21.9. The van der Waals surface area contributed by atoms with E-state index in [1.807, 2.05) is 48.5 Å². The van der Waals surface area contributed by atoms with E-state index in [1.165, 1.54) is 4.90 Å². The number of carbonyl (C=O) groups excluding carboxylic acids is 6. The topological polar surface area (TPSA) is 189 Å². The van der Waals surface area contributed by atoms with Crippen LogP contribution < -0.4 is 27.0 Å². The van der Waals surface area contributed by atoms with Gasteiger partial charge in [-0.15, -0.1) is 0 Å². The fourth-order valence-electron chi connectivity index (χ4n) is 5.77. The molecule has 0 radical (unpaired) electrons. The maximum atomic E-state index is 14.2. The van der Waals surface area contributed by atoms with E-state index < -0.39 is 65.2 Å². The third-order valence-corrected chi connectivity index (χ3v) is 9.13. The quantitative estimate of drug-likeness (QED) is 0.170. The van der Waals surface area contributed by atoms with Crippen molar-refractivity contribution in [1.82, 2.24) is 26.2 Å². The predicted molar refractivity (Wildman–Crippen MR) is 168 cm³/mol. The summed E-state index contributed by atoms with van der Waals surface area (Å²) in [5, 5.41) is 11.2. The Morgan fingerprint density at radius 1 is 0.889 bits per heavy atom. The van der Waals surface area contributed by atoms with Gasteiger partial charge in [-0.25, -0.2) is 9.59 Å². The summed E-state index contributed by atoms with van der Waals surface area (Å²) in [6, 6.07) is -4.03. The molecule has 3 aliphatic rings. The number of carbonyl (C=O) groups is 6. The van der Waals surface area contributed by atoms with E-state index in [-0.39, 0.29) is 30.3 Å². The van der Waals surface area contributed by atoms with Crippen LogP contribution >= 0.6 is 0 Å². The maximum Gasteiger partial charge on any atom is 0.407 e. The van der Waals surface area contributed by atoms with E-state index >= 15 is 0 Å². The van der Waals surface area contributed by atoms with Crippen molar-refractivity contribution >= 4 is 35.6 Å². The first-order valence-electron chi connectivity index (χ1n) is 16.4. The zero-order valence-electron chi connectivity index (χ0n) is 27.9. The van der Waals surface area contributed by atoms with Crippen LogP contribution in [0.5, 0.6) is 0 Å². The monoisotopic (exact) mass is 634 g/mol. The second-order valence-electron chi connectivity index (χ2n) is 14.8. The fraction of sp³-hybridized carbons (Fsp3) is 0.812. The average Bonchev–Trinajstić information content (AvgIpc) is 3.89. The Hall–Kier alpha value is -3.38. The largest absolute Gasteiger partial charge is 0.447 e. The van der Waals surface area contributed by atoms with Gasteiger partial charge in [-0.3, -0.25) is 19.2 Å². The van der Waals surface area contributed by atoms with Gasteiger partial charge in [0.2, 0.25) is 17.6 Å². The van der Waals surface area contributed by atoms with E-state index in [9.17, 15) is 28.8 Å². The highest BCUT2D eigenvalue weighted by molar-refractivity contribution is 6.37. The first kappa shape index (κ1) is 36.1. The molecule has 3 rings (SSSR count). The number of alkyl carbamates (subject to hydrolysis) is 1. The zero-order chi connectivity index (χ0) is 33.6. The lowest BCUT2D eigenvalue weighted by Crippen LogP contribution is -2.61. The molecule has 0 aromatic rings. The molecule has 0 spiro atoms. The molecule has 45 heavy (non-hydrogen) atoms. The van der Waals surface area contributed by atoms with Gasteiger partial charge in [-0.05, 0) is 60.7 Å². The van der Waals surface area contributed by atoms with Crippen LogP contribution in [0.3, 0.4) is 0 Å². The molecular weight excluding hydrogens is 580 g/mol. The van der Waals surface area contributed by atoms with Gasteiger partial charge in [-0.1, -0.05) is 61.3 Å². The minimum atomic E-state index is -1.10. The molecule has 254 valence electrons. The number of rotatable bonds is 15. The van der Waals surface area contributed by atoms with E-state index in [0.29, 0.717) is 31.8 Å². The summed E-state index contributed by atoms with van der Waals surface area (Å²) < 4.78 is 5.35. The molecule has 0 aromatic carbocycles. The van der Waals surface area contributed by atoms with Crippen LogP contribution in [0.25, 0.3) is 0 Å². The molecule has 1 heterocycles. The van der Waals surface area contributed by atoms with Crippen LogP contribution in [0.4, 0.5) is 9.59 Å². The minimum Gasteiger partial charge on any atom is -0.447 e. The highest BCUT2D eigenvalue weighted by Gasteiger charge is 2.48.